The van der Waals surface area contributed by atoms with Crippen LogP contribution in [0.2, 0.25) is 0 Å². The second-order valence-electron chi connectivity index (χ2n) is 3.21. The van der Waals surface area contributed by atoms with Gasteiger partial charge < -0.3 is 9.73 Å². The van der Waals surface area contributed by atoms with Crippen molar-refractivity contribution in [2.24, 2.45) is 5.10 Å². The van der Waals surface area contributed by atoms with Crippen molar-refractivity contribution in [3.05, 3.63) is 54.5 Å². The Morgan fingerprint density at radius 2 is 2.00 bits per heavy atom. The van der Waals surface area contributed by atoms with Crippen LogP contribution in [0, 0.1) is 0 Å². The molecule has 86 valence electrons. The SMILES string of the molecule is O=C(N/N=C\c1ccco1)Nc1ccccc1. The van der Waals surface area contributed by atoms with Crippen LogP contribution < -0.4 is 10.7 Å². The van der Waals surface area contributed by atoms with Gasteiger partial charge in [0, 0.05) is 5.69 Å². The van der Waals surface area contributed by atoms with E-state index in [-0.39, 0.29) is 0 Å². The highest BCUT2D eigenvalue weighted by atomic mass is 16.3. The second kappa shape index (κ2) is 5.50. The van der Waals surface area contributed by atoms with Crippen molar-refractivity contribution in [1.29, 1.82) is 0 Å². The fourth-order valence-electron chi connectivity index (χ4n) is 1.20. The molecule has 0 bridgehead atoms. The number of furan rings is 1. The predicted molar refractivity (Wildman–Crippen MR) is 64.9 cm³/mol. The molecule has 2 rings (SSSR count). The Labute approximate surface area is 98.1 Å². The Hall–Kier alpha value is -2.56. The molecule has 2 amide bonds. The van der Waals surface area contributed by atoms with Crippen molar-refractivity contribution < 1.29 is 9.21 Å². The van der Waals surface area contributed by atoms with E-state index in [9.17, 15) is 4.79 Å². The van der Waals surface area contributed by atoms with E-state index in [0.717, 1.165) is 0 Å². The van der Waals surface area contributed by atoms with Crippen molar-refractivity contribution >= 4 is 17.9 Å². The van der Waals surface area contributed by atoms with Crippen LogP contribution in [-0.4, -0.2) is 12.2 Å². The van der Waals surface area contributed by atoms with Crippen LogP contribution in [0.25, 0.3) is 0 Å². The summed E-state index contributed by atoms with van der Waals surface area (Å²) in [4.78, 5) is 11.4. The Morgan fingerprint density at radius 1 is 1.18 bits per heavy atom. The van der Waals surface area contributed by atoms with Crippen LogP contribution in [0.15, 0.2) is 58.2 Å². The Morgan fingerprint density at radius 3 is 2.71 bits per heavy atom. The monoisotopic (exact) mass is 229 g/mol. The number of hydrogen-bond acceptors (Lipinski definition) is 3. The summed E-state index contributed by atoms with van der Waals surface area (Å²) in [5.74, 6) is 0.574. The highest BCUT2D eigenvalue weighted by Crippen LogP contribution is 2.03. The number of nitrogens with one attached hydrogen (secondary N) is 2. The van der Waals surface area contributed by atoms with E-state index in [1.165, 1.54) is 12.5 Å². The molecule has 0 aliphatic carbocycles. The third-order valence-corrected chi connectivity index (χ3v) is 1.93. The summed E-state index contributed by atoms with van der Waals surface area (Å²) in [6.07, 6.45) is 2.95. The van der Waals surface area contributed by atoms with Crippen molar-refractivity contribution in [3.8, 4) is 0 Å². The number of para-hydroxylation sites is 1. The van der Waals surface area contributed by atoms with Crippen molar-refractivity contribution in [2.45, 2.75) is 0 Å². The fraction of sp³-hybridized carbons (Fsp3) is 0. The minimum atomic E-state index is -0.404. The molecule has 0 saturated heterocycles. The lowest BCUT2D eigenvalue weighted by atomic mass is 10.3. The average Bonchev–Trinajstić information content (AvgIpc) is 2.83. The zero-order valence-electron chi connectivity index (χ0n) is 8.96. The van der Waals surface area contributed by atoms with Gasteiger partial charge in [-0.05, 0) is 24.3 Å². The molecule has 1 aromatic heterocycles. The molecule has 0 fully saturated rings. The average molecular weight is 229 g/mol. The second-order valence-corrected chi connectivity index (χ2v) is 3.21. The van der Waals surface area contributed by atoms with E-state index in [0.29, 0.717) is 11.4 Å². The van der Waals surface area contributed by atoms with Crippen LogP contribution in [-0.2, 0) is 0 Å². The third-order valence-electron chi connectivity index (χ3n) is 1.93. The lowest BCUT2D eigenvalue weighted by molar-refractivity contribution is 0.252. The number of hydrogen-bond donors (Lipinski definition) is 2. The summed E-state index contributed by atoms with van der Waals surface area (Å²) in [7, 11) is 0. The van der Waals surface area contributed by atoms with Gasteiger partial charge in [0.15, 0.2) is 0 Å². The van der Waals surface area contributed by atoms with E-state index >= 15 is 0 Å². The molecule has 2 aromatic rings. The summed E-state index contributed by atoms with van der Waals surface area (Å²) < 4.78 is 5.01. The van der Waals surface area contributed by atoms with E-state index in [1.807, 2.05) is 18.2 Å². The number of hydrazone groups is 1. The first kappa shape index (κ1) is 10.9. The normalized spacial score (nSPS) is 10.4. The molecular formula is C12H11N3O2. The number of amides is 2. The lowest BCUT2D eigenvalue weighted by Gasteiger charge is -2.02. The predicted octanol–water partition coefficient (Wildman–Crippen LogP) is 2.44. The summed E-state index contributed by atoms with van der Waals surface area (Å²) >= 11 is 0. The molecule has 0 saturated carbocycles. The van der Waals surface area contributed by atoms with E-state index in [2.05, 4.69) is 15.8 Å². The highest BCUT2D eigenvalue weighted by Gasteiger charge is 1.98. The summed E-state index contributed by atoms with van der Waals surface area (Å²) in [5, 5.41) is 6.36. The summed E-state index contributed by atoms with van der Waals surface area (Å²) in [6, 6.07) is 12.2. The molecule has 0 atom stereocenters. The van der Waals surface area contributed by atoms with Crippen LogP contribution in [0.5, 0.6) is 0 Å². The number of carbonyl (C=O) groups is 1. The van der Waals surface area contributed by atoms with Crippen molar-refractivity contribution in [3.63, 3.8) is 0 Å². The minimum Gasteiger partial charge on any atom is -0.463 e. The van der Waals surface area contributed by atoms with E-state index in [4.69, 9.17) is 4.42 Å². The number of rotatable bonds is 3. The van der Waals surface area contributed by atoms with Crippen LogP contribution >= 0.6 is 0 Å². The first-order chi connectivity index (χ1) is 8.34. The fourth-order valence-corrected chi connectivity index (χ4v) is 1.20. The molecule has 0 aliphatic heterocycles. The highest BCUT2D eigenvalue weighted by molar-refractivity contribution is 5.89. The molecule has 1 aromatic carbocycles. The Bertz CT molecular complexity index is 492. The third kappa shape index (κ3) is 3.49. The number of urea groups is 1. The molecule has 17 heavy (non-hydrogen) atoms. The minimum absolute atomic E-state index is 0.404. The van der Waals surface area contributed by atoms with Gasteiger partial charge in [-0.1, -0.05) is 18.2 Å². The van der Waals surface area contributed by atoms with Gasteiger partial charge in [-0.25, -0.2) is 10.2 Å². The number of nitrogens with zero attached hydrogens (tertiary/aromatic N) is 1. The van der Waals surface area contributed by atoms with Gasteiger partial charge in [0.2, 0.25) is 0 Å². The van der Waals surface area contributed by atoms with Crippen LogP contribution in [0.4, 0.5) is 10.5 Å². The molecule has 5 nitrogen and oxygen atoms in total. The zero-order valence-corrected chi connectivity index (χ0v) is 8.96. The summed E-state index contributed by atoms with van der Waals surface area (Å²) in [5.41, 5.74) is 3.04. The van der Waals surface area contributed by atoms with Crippen LogP contribution in [0.1, 0.15) is 5.76 Å². The molecule has 5 heteroatoms. The Balaban J connectivity index is 1.82. The van der Waals surface area contributed by atoms with E-state index in [1.54, 1.807) is 24.3 Å². The molecule has 0 unspecified atom stereocenters. The first-order valence-corrected chi connectivity index (χ1v) is 5.03. The molecule has 0 aliphatic rings. The van der Waals surface area contributed by atoms with Gasteiger partial charge in [-0.15, -0.1) is 0 Å². The lowest BCUT2D eigenvalue weighted by Crippen LogP contribution is -2.24. The molecule has 0 radical (unpaired) electrons. The molecular weight excluding hydrogens is 218 g/mol. The molecule has 0 spiro atoms. The quantitative estimate of drug-likeness (QED) is 0.627. The van der Waals surface area contributed by atoms with Gasteiger partial charge in [0.1, 0.15) is 5.76 Å². The van der Waals surface area contributed by atoms with Gasteiger partial charge in [-0.2, -0.15) is 5.10 Å². The van der Waals surface area contributed by atoms with Crippen molar-refractivity contribution in [2.75, 3.05) is 5.32 Å². The van der Waals surface area contributed by atoms with Crippen LogP contribution in [0.3, 0.4) is 0 Å². The van der Waals surface area contributed by atoms with Gasteiger partial charge in [-0.3, -0.25) is 0 Å². The first-order valence-electron chi connectivity index (χ1n) is 5.03. The number of benzene rings is 1. The zero-order chi connectivity index (χ0) is 11.9. The maximum atomic E-state index is 11.4. The number of carbonyl (C=O) groups excluding carboxylic acids is 1. The van der Waals surface area contributed by atoms with Crippen molar-refractivity contribution in [1.82, 2.24) is 5.43 Å². The standard InChI is InChI=1S/C12H11N3O2/c16-12(14-10-5-2-1-3-6-10)15-13-9-11-7-4-8-17-11/h1-9H,(H2,14,15,16)/b13-9-. The van der Waals surface area contributed by atoms with E-state index < -0.39 is 6.03 Å². The van der Waals surface area contributed by atoms with Gasteiger partial charge in [0.25, 0.3) is 0 Å². The maximum Gasteiger partial charge on any atom is 0.339 e. The maximum absolute atomic E-state index is 11.4. The Kier molecular flexibility index (Phi) is 3.54. The topological polar surface area (TPSA) is 66.6 Å². The smallest absolute Gasteiger partial charge is 0.339 e. The summed E-state index contributed by atoms with van der Waals surface area (Å²) in [6.45, 7) is 0. The molecule has 2 N–H and O–H groups in total. The largest absolute Gasteiger partial charge is 0.463 e. The number of anilines is 1. The van der Waals surface area contributed by atoms with Gasteiger partial charge in [0.05, 0.1) is 12.5 Å². The molecule has 1 heterocycles. The van der Waals surface area contributed by atoms with Gasteiger partial charge >= 0.3 is 6.03 Å².